The molecule has 1 atom stereocenters. The van der Waals surface area contributed by atoms with E-state index in [4.69, 9.17) is 4.74 Å². The SMILES string of the molecule is O=C1NCc2c(NCc3cnc([C@@H]4CCCO4)s3)cccc21. The Bertz CT molecular complexity index is 707. The first-order chi connectivity index (χ1) is 10.8. The molecule has 2 N–H and O–H groups in total. The van der Waals surface area contributed by atoms with Gasteiger partial charge in [-0.3, -0.25) is 4.79 Å². The molecule has 0 radical (unpaired) electrons. The van der Waals surface area contributed by atoms with Gasteiger partial charge in [-0.1, -0.05) is 6.07 Å². The molecule has 1 amide bonds. The fourth-order valence-electron chi connectivity index (χ4n) is 2.93. The molecule has 1 aromatic carbocycles. The Balaban J connectivity index is 1.46. The highest BCUT2D eigenvalue weighted by Crippen LogP contribution is 2.32. The Morgan fingerprint density at radius 3 is 3.27 bits per heavy atom. The number of nitrogens with one attached hydrogen (secondary N) is 2. The molecule has 0 saturated carbocycles. The maximum Gasteiger partial charge on any atom is 0.251 e. The van der Waals surface area contributed by atoms with Gasteiger partial charge < -0.3 is 15.4 Å². The number of ether oxygens (including phenoxy) is 1. The van der Waals surface area contributed by atoms with E-state index in [0.717, 1.165) is 47.8 Å². The molecule has 1 saturated heterocycles. The zero-order chi connectivity index (χ0) is 14.9. The summed E-state index contributed by atoms with van der Waals surface area (Å²) in [5.74, 6) is 0.0112. The van der Waals surface area contributed by atoms with Crippen LogP contribution in [0.1, 0.15) is 44.8 Å². The third-order valence-corrected chi connectivity index (χ3v) is 5.17. The lowest BCUT2D eigenvalue weighted by Crippen LogP contribution is -2.12. The van der Waals surface area contributed by atoms with Gasteiger partial charge in [-0.15, -0.1) is 11.3 Å². The summed E-state index contributed by atoms with van der Waals surface area (Å²) >= 11 is 1.70. The minimum absolute atomic E-state index is 0.0112. The minimum Gasteiger partial charge on any atom is -0.380 e. The number of carbonyl (C=O) groups excluding carboxylic acids is 1. The first-order valence-electron chi connectivity index (χ1n) is 7.51. The molecule has 2 aromatic rings. The molecule has 1 aromatic heterocycles. The van der Waals surface area contributed by atoms with Gasteiger partial charge in [-0.25, -0.2) is 4.98 Å². The molecule has 22 heavy (non-hydrogen) atoms. The third-order valence-electron chi connectivity index (χ3n) is 4.08. The van der Waals surface area contributed by atoms with Gasteiger partial charge in [0, 0.05) is 41.0 Å². The molecule has 0 spiro atoms. The van der Waals surface area contributed by atoms with Crippen LogP contribution in [-0.4, -0.2) is 17.5 Å². The number of hydrogen-bond acceptors (Lipinski definition) is 5. The van der Waals surface area contributed by atoms with E-state index in [9.17, 15) is 4.79 Å². The van der Waals surface area contributed by atoms with Crippen LogP contribution in [0, 0.1) is 0 Å². The van der Waals surface area contributed by atoms with Crippen molar-refractivity contribution in [2.45, 2.75) is 32.0 Å². The van der Waals surface area contributed by atoms with Crippen LogP contribution < -0.4 is 10.6 Å². The summed E-state index contributed by atoms with van der Waals surface area (Å²) in [5, 5.41) is 7.36. The van der Waals surface area contributed by atoms with Crippen molar-refractivity contribution < 1.29 is 9.53 Å². The van der Waals surface area contributed by atoms with Gasteiger partial charge in [0.15, 0.2) is 0 Å². The van der Waals surface area contributed by atoms with E-state index in [-0.39, 0.29) is 12.0 Å². The Kier molecular flexibility index (Phi) is 3.56. The van der Waals surface area contributed by atoms with Crippen LogP contribution >= 0.6 is 11.3 Å². The van der Waals surface area contributed by atoms with Crippen molar-refractivity contribution >= 4 is 22.9 Å². The van der Waals surface area contributed by atoms with E-state index < -0.39 is 0 Å². The third kappa shape index (κ3) is 2.48. The standard InChI is InChI=1S/C16H17N3O2S/c20-15-11-3-1-4-13(12(11)9-18-15)17-7-10-8-19-16(22-10)14-5-2-6-21-14/h1,3-4,8,14,17H,2,5-7,9H2,(H,18,20)/t14-/m0/s1. The average Bonchev–Trinajstić information content (AvgIpc) is 3.26. The Labute approximate surface area is 132 Å². The summed E-state index contributed by atoms with van der Waals surface area (Å²) in [6, 6.07) is 5.79. The highest BCUT2D eigenvalue weighted by atomic mass is 32.1. The molecule has 1 fully saturated rings. The van der Waals surface area contributed by atoms with Crippen molar-refractivity contribution in [1.29, 1.82) is 0 Å². The normalized spacial score (nSPS) is 20.0. The van der Waals surface area contributed by atoms with Gasteiger partial charge >= 0.3 is 0 Å². The van der Waals surface area contributed by atoms with Crippen molar-refractivity contribution in [2.24, 2.45) is 0 Å². The van der Waals surface area contributed by atoms with Crippen LogP contribution in [0.3, 0.4) is 0 Å². The minimum atomic E-state index is 0.0112. The number of nitrogens with zero attached hydrogens (tertiary/aromatic N) is 1. The molecule has 2 aliphatic heterocycles. The molecule has 0 aliphatic carbocycles. The lowest BCUT2D eigenvalue weighted by Gasteiger charge is -2.09. The van der Waals surface area contributed by atoms with Gasteiger partial charge in [0.2, 0.25) is 0 Å². The molecule has 114 valence electrons. The summed E-state index contributed by atoms with van der Waals surface area (Å²) in [5.41, 5.74) is 2.84. The van der Waals surface area contributed by atoms with Crippen molar-refractivity contribution in [2.75, 3.05) is 11.9 Å². The molecular formula is C16H17N3O2S. The number of amides is 1. The average molecular weight is 315 g/mol. The highest BCUT2D eigenvalue weighted by molar-refractivity contribution is 7.11. The fourth-order valence-corrected chi connectivity index (χ4v) is 3.87. The van der Waals surface area contributed by atoms with E-state index in [2.05, 4.69) is 15.6 Å². The quantitative estimate of drug-likeness (QED) is 0.910. The van der Waals surface area contributed by atoms with E-state index in [1.165, 1.54) is 4.88 Å². The van der Waals surface area contributed by atoms with E-state index >= 15 is 0 Å². The van der Waals surface area contributed by atoms with Gasteiger partial charge in [0.1, 0.15) is 11.1 Å². The van der Waals surface area contributed by atoms with E-state index in [1.807, 2.05) is 24.4 Å². The number of aromatic nitrogens is 1. The topological polar surface area (TPSA) is 63.2 Å². The fraction of sp³-hybridized carbons (Fsp3) is 0.375. The molecule has 4 rings (SSSR count). The molecule has 0 bridgehead atoms. The van der Waals surface area contributed by atoms with Gasteiger partial charge in [-0.2, -0.15) is 0 Å². The second-order valence-corrected chi connectivity index (χ2v) is 6.68. The first-order valence-corrected chi connectivity index (χ1v) is 8.33. The number of hydrogen-bond donors (Lipinski definition) is 2. The molecule has 0 unspecified atom stereocenters. The lowest BCUT2D eigenvalue weighted by molar-refractivity contribution is 0.0965. The molecular weight excluding hydrogens is 298 g/mol. The smallest absolute Gasteiger partial charge is 0.251 e. The largest absolute Gasteiger partial charge is 0.380 e. The monoisotopic (exact) mass is 315 g/mol. The maximum absolute atomic E-state index is 11.7. The summed E-state index contributed by atoms with van der Waals surface area (Å²) in [7, 11) is 0. The summed E-state index contributed by atoms with van der Waals surface area (Å²) in [4.78, 5) is 17.3. The van der Waals surface area contributed by atoms with Crippen molar-refractivity contribution in [3.05, 3.63) is 45.4 Å². The Morgan fingerprint density at radius 1 is 1.45 bits per heavy atom. The van der Waals surface area contributed by atoms with Crippen LogP contribution in [0.5, 0.6) is 0 Å². The number of fused-ring (bicyclic) bond motifs is 1. The van der Waals surface area contributed by atoms with Crippen LogP contribution in [0.2, 0.25) is 0 Å². The summed E-state index contributed by atoms with van der Waals surface area (Å²) in [6.07, 6.45) is 4.29. The molecule has 6 heteroatoms. The Morgan fingerprint density at radius 2 is 2.41 bits per heavy atom. The maximum atomic E-state index is 11.7. The van der Waals surface area contributed by atoms with Gasteiger partial charge in [0.25, 0.3) is 5.91 Å². The summed E-state index contributed by atoms with van der Waals surface area (Å²) in [6.45, 7) is 2.16. The zero-order valence-electron chi connectivity index (χ0n) is 12.1. The predicted molar refractivity (Wildman–Crippen MR) is 85.0 cm³/mol. The lowest BCUT2D eigenvalue weighted by atomic mass is 10.1. The number of thiazole rings is 1. The van der Waals surface area contributed by atoms with Gasteiger partial charge in [0.05, 0.1) is 6.54 Å². The highest BCUT2D eigenvalue weighted by Gasteiger charge is 2.22. The zero-order valence-corrected chi connectivity index (χ0v) is 12.9. The Hall–Kier alpha value is -1.92. The van der Waals surface area contributed by atoms with Crippen molar-refractivity contribution in [3.8, 4) is 0 Å². The number of carbonyl (C=O) groups is 1. The molecule has 3 heterocycles. The number of anilines is 1. The number of rotatable bonds is 4. The number of benzene rings is 1. The summed E-state index contributed by atoms with van der Waals surface area (Å²) < 4.78 is 5.67. The van der Waals surface area contributed by atoms with Crippen LogP contribution in [0.15, 0.2) is 24.4 Å². The van der Waals surface area contributed by atoms with Crippen molar-refractivity contribution in [3.63, 3.8) is 0 Å². The first kappa shape index (κ1) is 13.7. The van der Waals surface area contributed by atoms with Crippen molar-refractivity contribution in [1.82, 2.24) is 10.3 Å². The predicted octanol–water partition coefficient (Wildman–Crippen LogP) is 2.85. The van der Waals surface area contributed by atoms with E-state index in [1.54, 1.807) is 11.3 Å². The van der Waals surface area contributed by atoms with Crippen LogP contribution in [0.4, 0.5) is 5.69 Å². The molecule has 2 aliphatic rings. The second-order valence-electron chi connectivity index (χ2n) is 5.53. The van der Waals surface area contributed by atoms with Crippen LogP contribution in [0.25, 0.3) is 0 Å². The second kappa shape index (κ2) is 5.70. The molecule has 5 nitrogen and oxygen atoms in total. The van der Waals surface area contributed by atoms with Gasteiger partial charge in [-0.05, 0) is 25.0 Å². The van der Waals surface area contributed by atoms with Crippen LogP contribution in [-0.2, 0) is 17.8 Å². The van der Waals surface area contributed by atoms with E-state index in [0.29, 0.717) is 6.54 Å².